The summed E-state index contributed by atoms with van der Waals surface area (Å²) in [6.07, 6.45) is 1.41. The van der Waals surface area contributed by atoms with E-state index in [1.54, 1.807) is 34.1 Å². The minimum atomic E-state index is -0.975. The smallest absolute Gasteiger partial charge is 0.333 e. The molecule has 180 valence electrons. The number of nitrogens with zero attached hydrogens (tertiary/aromatic N) is 2. The molecule has 9 heteroatoms. The van der Waals surface area contributed by atoms with Crippen molar-refractivity contribution < 1.29 is 24.2 Å². The maximum atomic E-state index is 13.2. The number of hydrogen-bond donors (Lipinski definition) is 3. The Morgan fingerprint density at radius 3 is 2.15 bits per heavy atom. The van der Waals surface area contributed by atoms with Crippen molar-refractivity contribution in [3.63, 3.8) is 0 Å². The van der Waals surface area contributed by atoms with Gasteiger partial charge in [-0.05, 0) is 43.2 Å². The number of piperidine rings is 1. The van der Waals surface area contributed by atoms with Crippen molar-refractivity contribution in [3.05, 3.63) is 35.4 Å². The first kappa shape index (κ1) is 24.7. The van der Waals surface area contributed by atoms with Gasteiger partial charge in [-0.25, -0.2) is 4.79 Å². The maximum absolute atomic E-state index is 13.2. The Morgan fingerprint density at radius 2 is 1.64 bits per heavy atom. The Bertz CT molecular complexity index is 900. The summed E-state index contributed by atoms with van der Waals surface area (Å²) >= 11 is 0. The molecule has 4 N–H and O–H groups in total. The summed E-state index contributed by atoms with van der Waals surface area (Å²) in [5, 5.41) is 17.0. The number of amidine groups is 1. The molecule has 2 aliphatic rings. The van der Waals surface area contributed by atoms with E-state index in [0.29, 0.717) is 50.0 Å². The largest absolute Gasteiger partial charge is 0.479 e. The third kappa shape index (κ3) is 5.71. The van der Waals surface area contributed by atoms with Gasteiger partial charge in [-0.2, -0.15) is 0 Å². The van der Waals surface area contributed by atoms with Gasteiger partial charge in [0.1, 0.15) is 11.9 Å². The van der Waals surface area contributed by atoms with Crippen LogP contribution < -0.4 is 5.73 Å². The topological polar surface area (TPSA) is 137 Å². The first-order valence-corrected chi connectivity index (χ1v) is 11.4. The molecule has 2 heterocycles. The monoisotopic (exact) mass is 458 g/mol. The lowest BCUT2D eigenvalue weighted by Gasteiger charge is -2.38. The molecular weight excluding hydrogens is 424 g/mol. The van der Waals surface area contributed by atoms with Crippen LogP contribution in [0.25, 0.3) is 0 Å². The Labute approximate surface area is 194 Å². The van der Waals surface area contributed by atoms with Gasteiger partial charge < -0.3 is 25.4 Å². The Hall–Kier alpha value is -2.94. The lowest BCUT2D eigenvalue weighted by Crippen LogP contribution is -2.51. The lowest BCUT2D eigenvalue weighted by atomic mass is 9.88. The fraction of sp³-hybridized carbons (Fsp3) is 0.583. The number of ether oxygens (including phenoxy) is 1. The van der Waals surface area contributed by atoms with Crippen LogP contribution in [0.3, 0.4) is 0 Å². The molecule has 0 aromatic heterocycles. The second-order valence-electron chi connectivity index (χ2n) is 9.89. The second-order valence-corrected chi connectivity index (χ2v) is 9.89. The van der Waals surface area contributed by atoms with E-state index in [2.05, 4.69) is 0 Å². The quantitative estimate of drug-likeness (QED) is 0.441. The van der Waals surface area contributed by atoms with Gasteiger partial charge in [-0.1, -0.05) is 32.9 Å². The number of likely N-dealkylation sites (tertiary alicyclic amines) is 2. The van der Waals surface area contributed by atoms with Crippen LogP contribution in [0.1, 0.15) is 62.4 Å². The van der Waals surface area contributed by atoms with Gasteiger partial charge >= 0.3 is 5.97 Å². The zero-order chi connectivity index (χ0) is 24.3. The molecule has 3 rings (SSSR count). The van der Waals surface area contributed by atoms with Crippen LogP contribution in [-0.4, -0.2) is 76.4 Å². The van der Waals surface area contributed by atoms with Gasteiger partial charge in [0.2, 0.25) is 5.91 Å². The summed E-state index contributed by atoms with van der Waals surface area (Å²) in [6, 6.07) is 6.04. The number of hydrogen-bond acceptors (Lipinski definition) is 5. The fourth-order valence-corrected chi connectivity index (χ4v) is 4.47. The summed E-state index contributed by atoms with van der Waals surface area (Å²) in [4.78, 5) is 41.3. The van der Waals surface area contributed by atoms with Crippen molar-refractivity contribution in [3.8, 4) is 0 Å². The third-order valence-electron chi connectivity index (χ3n) is 6.33. The first-order valence-electron chi connectivity index (χ1n) is 11.4. The SMILES string of the molecule is CC(C)(C)C(OC1CCN(C(=O)[C@@H]2CCCN2C(=O)c2ccc(C(=N)N)cc2)CC1)C(=O)O. The fourth-order valence-electron chi connectivity index (χ4n) is 4.47. The number of aliphatic carboxylic acids is 1. The minimum absolute atomic E-state index is 0.0622. The number of carbonyl (C=O) groups is 3. The summed E-state index contributed by atoms with van der Waals surface area (Å²) < 4.78 is 5.89. The lowest BCUT2D eigenvalue weighted by molar-refractivity contribution is -0.167. The average molecular weight is 459 g/mol. The number of carboxylic acid groups (broad SMARTS) is 1. The number of nitrogen functional groups attached to an aromatic ring is 1. The highest BCUT2D eigenvalue weighted by molar-refractivity contribution is 6.00. The highest BCUT2D eigenvalue weighted by Gasteiger charge is 2.39. The molecule has 0 aliphatic carbocycles. The normalized spacial score (nSPS) is 20.5. The maximum Gasteiger partial charge on any atom is 0.333 e. The molecule has 9 nitrogen and oxygen atoms in total. The molecule has 2 fully saturated rings. The molecule has 0 radical (unpaired) electrons. The van der Waals surface area contributed by atoms with Gasteiger partial charge in [0.25, 0.3) is 5.91 Å². The van der Waals surface area contributed by atoms with E-state index >= 15 is 0 Å². The summed E-state index contributed by atoms with van der Waals surface area (Å²) in [7, 11) is 0. The number of rotatable bonds is 6. The number of nitrogens with one attached hydrogen (secondary N) is 1. The molecule has 1 aromatic rings. The Kier molecular flexibility index (Phi) is 7.41. The standard InChI is InChI=1S/C24H34N4O5/c1-24(2,3)19(23(31)32)33-17-10-13-27(14-11-17)22(30)18-5-4-12-28(18)21(29)16-8-6-15(7-9-16)20(25)26/h6-9,17-19H,4-5,10-14H2,1-3H3,(H3,25,26)(H,31,32)/t18-,19?/m0/s1. The van der Waals surface area contributed by atoms with E-state index in [4.69, 9.17) is 15.9 Å². The summed E-state index contributed by atoms with van der Waals surface area (Å²) in [5.41, 5.74) is 5.97. The van der Waals surface area contributed by atoms with Crippen LogP contribution in [0.2, 0.25) is 0 Å². The van der Waals surface area contributed by atoms with Crippen molar-refractivity contribution in [2.24, 2.45) is 11.1 Å². The first-order chi connectivity index (χ1) is 15.5. The Balaban J connectivity index is 1.60. The predicted molar refractivity (Wildman–Crippen MR) is 123 cm³/mol. The van der Waals surface area contributed by atoms with Crippen molar-refractivity contribution in [1.82, 2.24) is 9.80 Å². The molecule has 0 saturated carbocycles. The molecule has 33 heavy (non-hydrogen) atoms. The zero-order valence-corrected chi connectivity index (χ0v) is 19.5. The number of carboxylic acids is 1. The van der Waals surface area contributed by atoms with Gasteiger partial charge in [-0.3, -0.25) is 15.0 Å². The summed E-state index contributed by atoms with van der Waals surface area (Å²) in [5.74, 6) is -1.30. The molecule has 0 bridgehead atoms. The molecule has 0 spiro atoms. The van der Waals surface area contributed by atoms with E-state index in [9.17, 15) is 19.5 Å². The minimum Gasteiger partial charge on any atom is -0.479 e. The van der Waals surface area contributed by atoms with Gasteiger partial charge in [0, 0.05) is 30.8 Å². The van der Waals surface area contributed by atoms with E-state index in [1.807, 2.05) is 20.8 Å². The number of carbonyl (C=O) groups excluding carboxylic acids is 2. The van der Waals surface area contributed by atoms with E-state index in [1.165, 1.54) is 0 Å². The molecule has 2 atom stereocenters. The van der Waals surface area contributed by atoms with Crippen molar-refractivity contribution in [1.29, 1.82) is 5.41 Å². The number of amides is 2. The Morgan fingerprint density at radius 1 is 1.06 bits per heavy atom. The molecule has 2 amide bonds. The molecular formula is C24H34N4O5. The van der Waals surface area contributed by atoms with Crippen LogP contribution in [0.5, 0.6) is 0 Å². The molecule has 1 aromatic carbocycles. The van der Waals surface area contributed by atoms with Crippen LogP contribution in [0.4, 0.5) is 0 Å². The predicted octanol–water partition coefficient (Wildman–Crippen LogP) is 2.08. The highest BCUT2D eigenvalue weighted by atomic mass is 16.5. The van der Waals surface area contributed by atoms with Crippen molar-refractivity contribution >= 4 is 23.6 Å². The second kappa shape index (κ2) is 9.91. The van der Waals surface area contributed by atoms with Crippen molar-refractivity contribution in [2.45, 2.75) is 64.7 Å². The summed E-state index contributed by atoms with van der Waals surface area (Å²) in [6.45, 7) is 6.99. The molecule has 1 unspecified atom stereocenters. The van der Waals surface area contributed by atoms with Crippen LogP contribution in [0.15, 0.2) is 24.3 Å². The highest BCUT2D eigenvalue weighted by Crippen LogP contribution is 2.28. The van der Waals surface area contributed by atoms with Gasteiger partial charge in [-0.15, -0.1) is 0 Å². The van der Waals surface area contributed by atoms with E-state index < -0.39 is 23.5 Å². The van der Waals surface area contributed by atoms with E-state index in [0.717, 1.165) is 6.42 Å². The zero-order valence-electron chi connectivity index (χ0n) is 19.5. The van der Waals surface area contributed by atoms with Gasteiger partial charge in [0.05, 0.1) is 6.10 Å². The third-order valence-corrected chi connectivity index (χ3v) is 6.33. The molecule has 2 aliphatic heterocycles. The van der Waals surface area contributed by atoms with Crippen LogP contribution in [-0.2, 0) is 14.3 Å². The average Bonchev–Trinajstić information content (AvgIpc) is 3.25. The number of benzene rings is 1. The van der Waals surface area contributed by atoms with Gasteiger partial charge in [0.15, 0.2) is 6.10 Å². The van der Waals surface area contributed by atoms with E-state index in [-0.39, 0.29) is 23.8 Å². The van der Waals surface area contributed by atoms with Crippen LogP contribution >= 0.6 is 0 Å². The number of nitrogens with two attached hydrogens (primary N) is 1. The molecule has 2 saturated heterocycles. The van der Waals surface area contributed by atoms with Crippen molar-refractivity contribution in [2.75, 3.05) is 19.6 Å². The van der Waals surface area contributed by atoms with Crippen LogP contribution in [0, 0.1) is 10.8 Å².